The molecule has 0 amide bonds. The molecule has 0 radical (unpaired) electrons. The first-order valence-corrected chi connectivity index (χ1v) is 10.6. The molecule has 2 N–H and O–H groups in total. The van der Waals surface area contributed by atoms with Crippen LogP contribution in [0.5, 0.6) is 11.5 Å². The van der Waals surface area contributed by atoms with E-state index in [-0.39, 0.29) is 12.4 Å². The third-order valence-corrected chi connectivity index (χ3v) is 6.69. The summed E-state index contributed by atoms with van der Waals surface area (Å²) in [5.74, 6) is 1.98. The zero-order valence-electron chi connectivity index (χ0n) is 15.9. The van der Waals surface area contributed by atoms with E-state index in [1.54, 1.807) is 29.8 Å². The summed E-state index contributed by atoms with van der Waals surface area (Å²) in [6, 6.07) is 5.41. The van der Waals surface area contributed by atoms with E-state index < -0.39 is 0 Å². The van der Waals surface area contributed by atoms with Crippen molar-refractivity contribution in [1.29, 1.82) is 0 Å². The average molecular weight is 419 g/mol. The van der Waals surface area contributed by atoms with Gasteiger partial charge in [-0.1, -0.05) is 0 Å². The molecule has 0 saturated heterocycles. The van der Waals surface area contributed by atoms with Gasteiger partial charge in [0.1, 0.15) is 11.2 Å². The molecule has 0 fully saturated rings. The molecule has 8 nitrogen and oxygen atoms in total. The van der Waals surface area contributed by atoms with Crippen LogP contribution in [0.1, 0.15) is 28.8 Å². The lowest BCUT2D eigenvalue weighted by molar-refractivity contribution is 0.174. The van der Waals surface area contributed by atoms with Crippen LogP contribution in [0.25, 0.3) is 21.1 Å². The minimum atomic E-state index is -0.229. The molecule has 0 spiro atoms. The van der Waals surface area contributed by atoms with Crippen LogP contribution in [-0.4, -0.2) is 28.0 Å². The maximum absolute atomic E-state index is 12.5. The molecule has 30 heavy (non-hydrogen) atoms. The van der Waals surface area contributed by atoms with Crippen LogP contribution in [0.2, 0.25) is 0 Å². The van der Waals surface area contributed by atoms with Crippen LogP contribution in [0, 0.1) is 0 Å². The molecule has 4 aromatic rings. The number of fused-ring (bicyclic) bond motifs is 5. The van der Waals surface area contributed by atoms with Gasteiger partial charge in [-0.25, -0.2) is 9.97 Å². The van der Waals surface area contributed by atoms with Gasteiger partial charge in [0.05, 0.1) is 22.7 Å². The maximum Gasteiger partial charge on any atom is 0.257 e. The minimum absolute atomic E-state index is 0.188. The fourth-order valence-electron chi connectivity index (χ4n) is 4.05. The zero-order chi connectivity index (χ0) is 20.1. The lowest BCUT2D eigenvalue weighted by Crippen LogP contribution is -2.12. The number of hydrogen-bond acceptors (Lipinski definition) is 8. The third kappa shape index (κ3) is 2.81. The molecular formula is C21H17N5O3S. The molecule has 9 heteroatoms. The van der Waals surface area contributed by atoms with Gasteiger partial charge in [-0.15, -0.1) is 11.3 Å². The third-order valence-electron chi connectivity index (χ3n) is 5.49. The van der Waals surface area contributed by atoms with Crippen molar-refractivity contribution in [2.45, 2.75) is 25.7 Å². The Morgan fingerprint density at radius 2 is 2.00 bits per heavy atom. The maximum atomic E-state index is 12.5. The number of nitrogens with zero attached hydrogens (tertiary/aromatic N) is 3. The molecular weight excluding hydrogens is 402 g/mol. The molecule has 0 atom stereocenters. The SMILES string of the molecule is O=c1[nH]c2cc3c(cc2cc1/C=N/Nc1ncnc2sc4c(c12)CCCC4)OCO3. The highest BCUT2D eigenvalue weighted by Crippen LogP contribution is 2.38. The molecule has 4 heterocycles. The Kier molecular flexibility index (Phi) is 3.95. The molecule has 1 aliphatic carbocycles. The number of nitrogens with one attached hydrogen (secondary N) is 2. The van der Waals surface area contributed by atoms with Crippen molar-refractivity contribution in [3.8, 4) is 11.5 Å². The second kappa shape index (κ2) is 6.81. The predicted molar refractivity (Wildman–Crippen MR) is 116 cm³/mol. The standard InChI is InChI=1S/C21H17N5O3S/c27-20-12(5-11-6-15-16(29-10-28-15)7-14(11)25-20)8-24-26-19-18-13-3-1-2-4-17(13)30-21(18)23-9-22-19/h5-9H,1-4,10H2,(H,25,27)(H,22,23,26)/b24-8+. The van der Waals surface area contributed by atoms with Gasteiger partial charge in [-0.05, 0) is 43.4 Å². The van der Waals surface area contributed by atoms with Gasteiger partial charge in [-0.3, -0.25) is 10.2 Å². The number of benzene rings is 1. The number of aryl methyl sites for hydroxylation is 2. The summed E-state index contributed by atoms with van der Waals surface area (Å²) in [5.41, 5.74) is 5.25. The Morgan fingerprint density at radius 1 is 1.13 bits per heavy atom. The predicted octanol–water partition coefficient (Wildman–Crippen LogP) is 3.59. The Labute approximate surface area is 174 Å². The molecule has 1 aliphatic heterocycles. The number of ether oxygens (including phenoxy) is 2. The highest BCUT2D eigenvalue weighted by molar-refractivity contribution is 7.19. The average Bonchev–Trinajstić information content (AvgIpc) is 3.36. The number of H-pyrrole nitrogens is 1. The number of hydrogen-bond donors (Lipinski definition) is 2. The molecule has 6 rings (SSSR count). The van der Waals surface area contributed by atoms with Crippen molar-refractivity contribution in [3.05, 3.63) is 50.9 Å². The first-order valence-electron chi connectivity index (χ1n) is 9.77. The second-order valence-electron chi connectivity index (χ2n) is 7.33. The molecule has 2 aliphatic rings. The summed E-state index contributed by atoms with van der Waals surface area (Å²) in [5, 5.41) is 6.19. The van der Waals surface area contributed by atoms with Gasteiger partial charge < -0.3 is 14.5 Å². The number of anilines is 1. The number of rotatable bonds is 3. The van der Waals surface area contributed by atoms with E-state index in [2.05, 4.69) is 25.5 Å². The van der Waals surface area contributed by atoms with Crippen LogP contribution >= 0.6 is 11.3 Å². The molecule has 150 valence electrons. The van der Waals surface area contributed by atoms with Crippen molar-refractivity contribution in [1.82, 2.24) is 15.0 Å². The smallest absolute Gasteiger partial charge is 0.257 e. The van der Waals surface area contributed by atoms with E-state index in [1.165, 1.54) is 29.5 Å². The fraction of sp³-hybridized carbons (Fsp3) is 0.238. The van der Waals surface area contributed by atoms with Gasteiger partial charge in [0.15, 0.2) is 17.3 Å². The Bertz CT molecular complexity index is 1390. The number of pyridine rings is 1. The van der Waals surface area contributed by atoms with E-state index in [0.717, 1.165) is 28.4 Å². The highest BCUT2D eigenvalue weighted by atomic mass is 32.1. The number of aromatic amines is 1. The fourth-order valence-corrected chi connectivity index (χ4v) is 5.28. The van der Waals surface area contributed by atoms with E-state index in [1.807, 2.05) is 6.07 Å². The Hall–Kier alpha value is -3.46. The normalized spacial score (nSPS) is 15.2. The van der Waals surface area contributed by atoms with Crippen molar-refractivity contribution in [3.63, 3.8) is 0 Å². The quantitative estimate of drug-likeness (QED) is 0.389. The monoisotopic (exact) mass is 419 g/mol. The van der Waals surface area contributed by atoms with Gasteiger partial charge in [0.25, 0.3) is 5.56 Å². The first-order chi connectivity index (χ1) is 14.8. The van der Waals surface area contributed by atoms with E-state index in [4.69, 9.17) is 9.47 Å². The molecule has 0 bridgehead atoms. The number of thiophene rings is 1. The lowest BCUT2D eigenvalue weighted by atomic mass is 9.97. The van der Waals surface area contributed by atoms with Crippen molar-refractivity contribution < 1.29 is 9.47 Å². The largest absolute Gasteiger partial charge is 0.454 e. The minimum Gasteiger partial charge on any atom is -0.454 e. The van der Waals surface area contributed by atoms with Gasteiger partial charge in [-0.2, -0.15) is 5.10 Å². The number of aromatic nitrogens is 3. The highest BCUT2D eigenvalue weighted by Gasteiger charge is 2.20. The summed E-state index contributed by atoms with van der Waals surface area (Å²) >= 11 is 1.74. The summed E-state index contributed by atoms with van der Waals surface area (Å²) < 4.78 is 10.8. The summed E-state index contributed by atoms with van der Waals surface area (Å²) in [6.45, 7) is 0.188. The van der Waals surface area contributed by atoms with Crippen molar-refractivity contribution >= 4 is 44.5 Å². The first kappa shape index (κ1) is 17.4. The van der Waals surface area contributed by atoms with Crippen molar-refractivity contribution in [2.75, 3.05) is 12.2 Å². The summed E-state index contributed by atoms with van der Waals surface area (Å²) in [4.78, 5) is 26.5. The van der Waals surface area contributed by atoms with Gasteiger partial charge in [0, 0.05) is 16.3 Å². The number of hydrazone groups is 1. The van der Waals surface area contributed by atoms with Crippen LogP contribution < -0.4 is 20.5 Å². The van der Waals surface area contributed by atoms with E-state index in [0.29, 0.717) is 28.4 Å². The van der Waals surface area contributed by atoms with Gasteiger partial charge in [0.2, 0.25) is 6.79 Å². The topological polar surface area (TPSA) is 101 Å². The second-order valence-corrected chi connectivity index (χ2v) is 8.41. The van der Waals surface area contributed by atoms with Crippen molar-refractivity contribution in [2.24, 2.45) is 5.10 Å². The van der Waals surface area contributed by atoms with E-state index >= 15 is 0 Å². The Morgan fingerprint density at radius 3 is 2.93 bits per heavy atom. The molecule has 0 unspecified atom stereocenters. The summed E-state index contributed by atoms with van der Waals surface area (Å²) in [7, 11) is 0. The molecule has 1 aromatic carbocycles. The van der Waals surface area contributed by atoms with Crippen LogP contribution in [0.4, 0.5) is 5.82 Å². The van der Waals surface area contributed by atoms with Crippen LogP contribution in [0.3, 0.4) is 0 Å². The lowest BCUT2D eigenvalue weighted by Gasteiger charge is -2.11. The zero-order valence-corrected chi connectivity index (χ0v) is 16.7. The molecule has 3 aromatic heterocycles. The van der Waals surface area contributed by atoms with Crippen LogP contribution in [-0.2, 0) is 12.8 Å². The molecule has 0 saturated carbocycles. The van der Waals surface area contributed by atoms with Gasteiger partial charge >= 0.3 is 0 Å². The summed E-state index contributed by atoms with van der Waals surface area (Å²) in [6.07, 6.45) is 7.61. The Balaban J connectivity index is 1.34. The van der Waals surface area contributed by atoms with E-state index in [9.17, 15) is 4.79 Å². The van der Waals surface area contributed by atoms with Crippen LogP contribution in [0.15, 0.2) is 34.4 Å².